The maximum Gasteiger partial charge on any atom is 0.327 e. The van der Waals surface area contributed by atoms with Gasteiger partial charge in [0.2, 0.25) is 112 Å². The maximum absolute atomic E-state index is 14.6. The molecule has 0 radical (unpaired) electrons. The molecule has 0 aromatic rings. The predicted molar refractivity (Wildman–Crippen MR) is 524 cm³/mol. The first-order chi connectivity index (χ1) is 68.7. The van der Waals surface area contributed by atoms with Crippen molar-refractivity contribution in [2.45, 2.75) is 292 Å². The quantitative estimate of drug-likeness (QED) is 0.0116. The number of carbonyl (C=O) groups is 21. The third-order valence-electron chi connectivity index (χ3n) is 22.8. The molecular weight excluding hydrogens is 1950 g/mol. The Hall–Kier alpha value is -13.9. The van der Waals surface area contributed by atoms with Crippen molar-refractivity contribution in [3.8, 4) is 0 Å². The van der Waals surface area contributed by atoms with Gasteiger partial charge in [-0.2, -0.15) is 12.6 Å². The van der Waals surface area contributed by atoms with Gasteiger partial charge in [-0.05, 0) is 155 Å². The summed E-state index contributed by atoms with van der Waals surface area (Å²) in [5.74, 6) is -26.1. The van der Waals surface area contributed by atoms with Crippen molar-refractivity contribution in [1.82, 2.24) is 116 Å². The summed E-state index contributed by atoms with van der Waals surface area (Å²) in [6.07, 6.45) is -6.46. The molecule has 146 heavy (non-hydrogen) atoms. The summed E-state index contributed by atoms with van der Waals surface area (Å²) in [6, 6.07) is -28.0. The Bertz CT molecular complexity index is 4480. The van der Waals surface area contributed by atoms with E-state index >= 15 is 0 Å². The molecule has 19 amide bonds. The number of nitrogens with one attached hydrogen (secondary N) is 24. The van der Waals surface area contributed by atoms with E-state index in [0.29, 0.717) is 6.42 Å². The van der Waals surface area contributed by atoms with Gasteiger partial charge in [-0.1, -0.05) is 27.7 Å². The Morgan fingerprint density at radius 1 is 0.370 bits per heavy atom. The summed E-state index contributed by atoms with van der Waals surface area (Å²) in [4.78, 5) is 291. The Morgan fingerprint density at radius 2 is 0.712 bits per heavy atom. The van der Waals surface area contributed by atoms with Crippen molar-refractivity contribution < 1.29 is 131 Å². The Morgan fingerprint density at radius 3 is 1.10 bits per heavy atom. The number of aliphatic hydroxyl groups is 4. The van der Waals surface area contributed by atoms with Crippen molar-refractivity contribution in [2.75, 3.05) is 77.9 Å². The highest BCUT2D eigenvalue weighted by atomic mass is 32.1. The van der Waals surface area contributed by atoms with Crippen molar-refractivity contribution in [1.29, 1.82) is 21.6 Å². The number of nitrogens with zero attached hydrogens (tertiary/aromatic N) is 2. The van der Waals surface area contributed by atoms with Gasteiger partial charge in [0.1, 0.15) is 103 Å². The third kappa shape index (κ3) is 47.3. The number of unbranched alkanes of at least 4 members (excludes halogenated alkanes) is 1. The van der Waals surface area contributed by atoms with Crippen LogP contribution in [0.4, 0.5) is 0 Å². The van der Waals surface area contributed by atoms with Crippen molar-refractivity contribution in [2.24, 2.45) is 52.0 Å². The van der Waals surface area contributed by atoms with E-state index in [9.17, 15) is 131 Å². The average Bonchev–Trinajstić information content (AvgIpc) is 1.67. The minimum Gasteiger partial charge on any atom is -0.481 e. The molecule has 44 N–H and O–H groups in total. The summed E-state index contributed by atoms with van der Waals surface area (Å²) in [7, 11) is 0. The number of hydrogen-bond donors (Lipinski definition) is 38. The predicted octanol–water partition coefficient (Wildman–Crippen LogP) is -14.9. The molecule has 19 atom stereocenters. The number of guanidine groups is 4. The van der Waals surface area contributed by atoms with E-state index in [1.807, 2.05) is 0 Å². The first kappa shape index (κ1) is 128. The molecule has 2 saturated heterocycles. The van der Waals surface area contributed by atoms with Gasteiger partial charge in [-0.25, -0.2) is 4.79 Å². The van der Waals surface area contributed by atoms with Crippen LogP contribution in [-0.4, -0.2) is 381 Å². The van der Waals surface area contributed by atoms with E-state index in [2.05, 4.69) is 119 Å². The number of hydrogen-bond acceptors (Lipinski definition) is 32. The molecule has 0 aliphatic carbocycles. The molecule has 0 bridgehead atoms. The van der Waals surface area contributed by atoms with Crippen molar-refractivity contribution >= 4 is 161 Å². The highest BCUT2D eigenvalue weighted by Gasteiger charge is 2.44. The first-order valence-corrected chi connectivity index (χ1v) is 48.4. The van der Waals surface area contributed by atoms with Crippen LogP contribution in [0.5, 0.6) is 0 Å². The Balaban J connectivity index is 2.47. The number of carboxylic acids is 2. The second-order valence-electron chi connectivity index (χ2n) is 35.7. The zero-order valence-corrected chi connectivity index (χ0v) is 83.8. The van der Waals surface area contributed by atoms with Gasteiger partial charge in [-0.15, -0.1) is 0 Å². The highest BCUT2D eigenvalue weighted by molar-refractivity contribution is 7.80. The molecule has 60 nitrogen and oxygen atoms in total. The lowest BCUT2D eigenvalue weighted by Gasteiger charge is -2.30. The molecule has 2 aliphatic heterocycles. The zero-order valence-electron chi connectivity index (χ0n) is 82.9. The van der Waals surface area contributed by atoms with E-state index < -0.39 is 315 Å². The molecule has 0 spiro atoms. The van der Waals surface area contributed by atoms with E-state index in [4.69, 9.17) is 61.8 Å². The number of nitrogens with two attached hydrogens (primary N) is 7. The molecule has 0 aromatic heterocycles. The fraction of sp³-hybridized carbons (Fsp3) is 0.706. The van der Waals surface area contributed by atoms with Gasteiger partial charge >= 0.3 is 11.9 Å². The summed E-state index contributed by atoms with van der Waals surface area (Å²) in [6.45, 7) is 6.12. The molecule has 0 saturated carbocycles. The first-order valence-electron chi connectivity index (χ1n) is 47.7. The van der Waals surface area contributed by atoms with Gasteiger partial charge in [0.05, 0.1) is 38.5 Å². The summed E-state index contributed by atoms with van der Waals surface area (Å²) in [5, 5.41) is 141. The molecule has 61 heteroatoms. The zero-order chi connectivity index (χ0) is 110. The van der Waals surface area contributed by atoms with Crippen LogP contribution in [0, 0.1) is 33.5 Å². The number of rotatable bonds is 69. The second-order valence-corrected chi connectivity index (χ2v) is 36.0. The van der Waals surface area contributed by atoms with Gasteiger partial charge in [0, 0.05) is 57.9 Å². The van der Waals surface area contributed by atoms with E-state index in [1.165, 1.54) is 18.7 Å². The van der Waals surface area contributed by atoms with Crippen LogP contribution < -0.4 is 146 Å². The monoisotopic (exact) mass is 2100 g/mol. The lowest BCUT2D eigenvalue weighted by Crippen LogP contribution is -2.63. The SMILES string of the molecule is CC(C)C[C@H](NC(=O)[C@H](CCCNC(=N)N)NC(=O)[C@@H]1CCCN1C(=O)CN)C(=O)NCC(=O)N[C@H](C(=O)N[C@@H](CCCNC(=N)N)C(=O)N[C@@H](C)C(=O)N[C@H](C(=O)N[C@@H](CCCNC(=N)N)C(=O)N[C@@H](CCCCN)C(=O)N[C@H](C(=O)N[C@@H](CO)C(=O)N[C@@H](CCC(=O)O)C(=O)N[C@@H](CCCNC(=N)N)C(=O)N[C@@H](CO)C(=O)N[C@@H](CCC(N)=O)C(=O)N1CCC[C@H]1C(=O)N[C@@H](CS)C(=O)O)[C@@H](C)O)[C@@H](C)O)C(C)C. The van der Waals surface area contributed by atoms with Gasteiger partial charge < -0.3 is 187 Å². The second kappa shape index (κ2) is 66.9. The number of aliphatic carboxylic acids is 2. The molecule has 2 fully saturated rings. The van der Waals surface area contributed by atoms with E-state index in [0.717, 1.165) is 25.7 Å². The summed E-state index contributed by atoms with van der Waals surface area (Å²) >= 11 is 3.94. The fourth-order valence-corrected chi connectivity index (χ4v) is 15.2. The number of primary amides is 1. The topological polar surface area (TPSA) is 1000 Å². The number of carboxylic acid groups (broad SMARTS) is 2. The number of amides is 19. The maximum atomic E-state index is 14.6. The fourth-order valence-electron chi connectivity index (χ4n) is 15.0. The average molecular weight is 2100 g/mol. The molecule has 2 heterocycles. The van der Waals surface area contributed by atoms with Crippen LogP contribution in [0.15, 0.2) is 0 Å². The molecule has 2 aliphatic rings. The molecular formula is C85H151N33O27S. The van der Waals surface area contributed by atoms with Crippen molar-refractivity contribution in [3.05, 3.63) is 0 Å². The minimum atomic E-state index is -2.14. The van der Waals surface area contributed by atoms with E-state index in [-0.39, 0.29) is 160 Å². The van der Waals surface area contributed by atoms with Gasteiger partial charge in [-0.3, -0.25) is 118 Å². The van der Waals surface area contributed by atoms with Gasteiger partial charge in [0.15, 0.2) is 23.8 Å². The number of carbonyl (C=O) groups excluding carboxylic acids is 19. The lowest BCUT2D eigenvalue weighted by molar-refractivity contribution is -0.144. The normalized spacial score (nSPS) is 16.7. The Kier molecular flexibility index (Phi) is 58.7. The number of aliphatic hydroxyl groups excluding tert-OH is 4. The molecule has 824 valence electrons. The highest BCUT2D eigenvalue weighted by Crippen LogP contribution is 2.23. The largest absolute Gasteiger partial charge is 0.481 e. The van der Waals surface area contributed by atoms with Crippen LogP contribution in [0.25, 0.3) is 0 Å². The van der Waals surface area contributed by atoms with E-state index in [1.54, 1.807) is 13.8 Å². The summed E-state index contributed by atoms with van der Waals surface area (Å²) in [5.41, 5.74) is 38.6. The summed E-state index contributed by atoms with van der Waals surface area (Å²) < 4.78 is 0. The third-order valence-corrected chi connectivity index (χ3v) is 23.2. The van der Waals surface area contributed by atoms with Gasteiger partial charge in [0.25, 0.3) is 0 Å². The van der Waals surface area contributed by atoms with Crippen LogP contribution in [0.2, 0.25) is 0 Å². The smallest absolute Gasteiger partial charge is 0.327 e. The standard InChI is InChI=1S/C85H151N33O27S/c1-40(2)34-52(110-69(132)48(19-12-30-99-84(93)94)106-75(138)56-21-14-32-117(56)60(125)35-87)66(129)101-36-59(124)114-62(41(3)4)77(140)107-46(17-10-28-97-82(89)90)67(130)102-42(5)65(128)115-63(43(6)121)78(141)108-49(20-13-31-100-85(95)96)68(131)103-45(16-8-9-27-86)72(135)116-64(44(7)122)79(142)112-54(38-120)73(136)105-50(24-26-61(126)127)71(134)104-47(18-11-29-98-83(91)92)70(133)111-53(37-119)74(137)109-51(23-25-58(88)123)80(143)118-33-15-22-57(118)76(139)113-55(39-146)81(144)145/h40-57,62-64,119-122,146H,8-39,86-87H2,1-7H3,(H2,88,123)(H,101,129)(H,102,130)(H,103,131)(H,104,134)(H,105,136)(H,106,138)(H,107,140)(H,108,141)(H,109,137)(H,110,132)(H,111,133)(H,112,142)(H,113,139)(H,114,124)(H,115,128)(H,116,135)(H,126,127)(H,144,145)(H4,89,90,97)(H4,91,92,98)(H4,93,94,99)(H4,95,96,100)/t42-,43+,44+,45-,46-,47-,48-,49-,50-,51-,52-,53-,54-,55-,56-,57-,62-,63-,64-/m0/s1. The van der Waals surface area contributed by atoms with Crippen LogP contribution in [-0.2, 0) is 101 Å². The van der Waals surface area contributed by atoms with Crippen molar-refractivity contribution in [3.63, 3.8) is 0 Å². The van der Waals surface area contributed by atoms with Crippen LogP contribution in [0.3, 0.4) is 0 Å². The van der Waals surface area contributed by atoms with Crippen LogP contribution >= 0.6 is 12.6 Å². The number of likely N-dealkylation sites (tertiary alicyclic amines) is 2. The molecule has 2 rings (SSSR count). The minimum absolute atomic E-state index is 0.0173. The van der Waals surface area contributed by atoms with Crippen LogP contribution in [0.1, 0.15) is 177 Å². The molecule has 0 aromatic carbocycles. The molecule has 0 unspecified atom stereocenters. The number of thiol groups is 1. The lowest BCUT2D eigenvalue weighted by atomic mass is 10.0. The Labute approximate surface area is 847 Å².